The van der Waals surface area contributed by atoms with Crippen molar-refractivity contribution < 1.29 is 4.74 Å². The van der Waals surface area contributed by atoms with E-state index in [4.69, 9.17) is 10.5 Å². The molecule has 0 radical (unpaired) electrons. The highest BCUT2D eigenvalue weighted by molar-refractivity contribution is 5.68. The first kappa shape index (κ1) is 16.3. The molecule has 4 heteroatoms. The van der Waals surface area contributed by atoms with Gasteiger partial charge in [-0.2, -0.15) is 0 Å². The van der Waals surface area contributed by atoms with Gasteiger partial charge in [0.25, 0.3) is 5.56 Å². The minimum Gasteiger partial charge on any atom is -0.496 e. The lowest BCUT2D eigenvalue weighted by Gasteiger charge is -2.19. The molecule has 0 unspecified atom stereocenters. The molecule has 0 atom stereocenters. The molecule has 0 aliphatic rings. The van der Waals surface area contributed by atoms with E-state index >= 15 is 0 Å². The van der Waals surface area contributed by atoms with Gasteiger partial charge in [0.1, 0.15) is 5.75 Å². The summed E-state index contributed by atoms with van der Waals surface area (Å²) in [5.74, 6) is 1.12. The van der Waals surface area contributed by atoms with Crippen LogP contribution in [0.4, 0.5) is 0 Å². The first-order chi connectivity index (χ1) is 10.5. The van der Waals surface area contributed by atoms with Crippen molar-refractivity contribution in [2.45, 2.75) is 33.9 Å². The molecule has 1 heterocycles. The average Bonchev–Trinajstić information content (AvgIpc) is 2.50. The maximum Gasteiger partial charge on any atom is 0.255 e. The van der Waals surface area contributed by atoms with Crippen molar-refractivity contribution in [1.29, 1.82) is 0 Å². The second-order valence-electron chi connectivity index (χ2n) is 5.91. The van der Waals surface area contributed by atoms with E-state index in [2.05, 4.69) is 13.8 Å². The molecule has 1 aromatic heterocycles. The van der Waals surface area contributed by atoms with Crippen LogP contribution >= 0.6 is 0 Å². The molecule has 0 fully saturated rings. The third-order valence-corrected chi connectivity index (χ3v) is 3.76. The van der Waals surface area contributed by atoms with Crippen LogP contribution in [0.25, 0.3) is 11.3 Å². The van der Waals surface area contributed by atoms with Crippen LogP contribution in [-0.2, 0) is 13.1 Å². The van der Waals surface area contributed by atoms with E-state index in [0.29, 0.717) is 18.0 Å². The zero-order valence-electron chi connectivity index (χ0n) is 13.7. The second kappa shape index (κ2) is 6.79. The van der Waals surface area contributed by atoms with Crippen molar-refractivity contribution in [2.75, 3.05) is 7.11 Å². The predicted molar refractivity (Wildman–Crippen MR) is 90.2 cm³/mol. The summed E-state index contributed by atoms with van der Waals surface area (Å²) in [5.41, 5.74) is 9.17. The molecule has 118 valence electrons. The van der Waals surface area contributed by atoms with E-state index in [-0.39, 0.29) is 12.1 Å². The van der Waals surface area contributed by atoms with E-state index in [1.807, 2.05) is 41.8 Å². The SMILES string of the molecule is COc1ccccc1-c1cc(C)c(CN)c(=O)n1CC(C)C. The summed E-state index contributed by atoms with van der Waals surface area (Å²) in [5, 5.41) is 0. The van der Waals surface area contributed by atoms with Gasteiger partial charge in [0, 0.05) is 24.2 Å². The molecule has 0 saturated heterocycles. The van der Waals surface area contributed by atoms with Crippen molar-refractivity contribution in [2.24, 2.45) is 11.7 Å². The highest BCUT2D eigenvalue weighted by Gasteiger charge is 2.16. The predicted octanol–water partition coefficient (Wildman–Crippen LogP) is 2.95. The van der Waals surface area contributed by atoms with Crippen molar-refractivity contribution in [1.82, 2.24) is 4.57 Å². The Balaban J connectivity index is 2.77. The van der Waals surface area contributed by atoms with Gasteiger partial charge in [-0.3, -0.25) is 4.79 Å². The molecule has 1 aromatic carbocycles. The molecule has 0 bridgehead atoms. The zero-order valence-corrected chi connectivity index (χ0v) is 13.7. The van der Waals surface area contributed by atoms with Gasteiger partial charge in [-0.05, 0) is 36.6 Å². The minimum absolute atomic E-state index is 0.00268. The fourth-order valence-corrected chi connectivity index (χ4v) is 2.69. The number of pyridine rings is 1. The quantitative estimate of drug-likeness (QED) is 0.923. The Labute approximate surface area is 131 Å². The zero-order chi connectivity index (χ0) is 16.3. The summed E-state index contributed by atoms with van der Waals surface area (Å²) in [7, 11) is 1.64. The molecule has 2 N–H and O–H groups in total. The number of ether oxygens (including phenoxy) is 1. The number of hydrogen-bond donors (Lipinski definition) is 1. The fraction of sp³-hybridized carbons (Fsp3) is 0.389. The standard InChI is InChI=1S/C18H24N2O2/c1-12(2)11-20-16(9-13(3)15(10-19)18(20)21)14-7-5-6-8-17(14)22-4/h5-9,12H,10-11,19H2,1-4H3. The number of rotatable bonds is 5. The lowest BCUT2D eigenvalue weighted by Crippen LogP contribution is -2.29. The molecule has 2 rings (SSSR count). The number of aryl methyl sites for hydroxylation is 1. The number of methoxy groups -OCH3 is 1. The third-order valence-electron chi connectivity index (χ3n) is 3.76. The van der Waals surface area contributed by atoms with Gasteiger partial charge >= 0.3 is 0 Å². The van der Waals surface area contributed by atoms with E-state index in [0.717, 1.165) is 22.6 Å². The normalized spacial score (nSPS) is 11.0. The molecule has 4 nitrogen and oxygen atoms in total. The number of nitrogens with zero attached hydrogens (tertiary/aromatic N) is 1. The lowest BCUT2D eigenvalue weighted by molar-refractivity contribution is 0.415. The maximum absolute atomic E-state index is 12.8. The molecule has 0 amide bonds. The highest BCUT2D eigenvalue weighted by Crippen LogP contribution is 2.30. The number of nitrogens with two attached hydrogens (primary N) is 1. The van der Waals surface area contributed by atoms with Gasteiger partial charge in [-0.15, -0.1) is 0 Å². The van der Waals surface area contributed by atoms with Gasteiger partial charge in [-0.25, -0.2) is 0 Å². The van der Waals surface area contributed by atoms with Crippen LogP contribution in [0.2, 0.25) is 0 Å². The van der Waals surface area contributed by atoms with Crippen molar-refractivity contribution >= 4 is 0 Å². The Kier molecular flexibility index (Phi) is 5.03. The van der Waals surface area contributed by atoms with Crippen LogP contribution in [0.1, 0.15) is 25.0 Å². The Morgan fingerprint density at radius 1 is 1.27 bits per heavy atom. The molecule has 0 aliphatic carbocycles. The van der Waals surface area contributed by atoms with Crippen LogP contribution in [0.5, 0.6) is 5.75 Å². The summed E-state index contributed by atoms with van der Waals surface area (Å²) in [6.07, 6.45) is 0. The van der Waals surface area contributed by atoms with Crippen LogP contribution in [0.3, 0.4) is 0 Å². The van der Waals surface area contributed by atoms with Gasteiger partial charge in [-0.1, -0.05) is 26.0 Å². The highest BCUT2D eigenvalue weighted by atomic mass is 16.5. The number of hydrogen-bond acceptors (Lipinski definition) is 3. The molecular weight excluding hydrogens is 276 g/mol. The fourth-order valence-electron chi connectivity index (χ4n) is 2.69. The first-order valence-electron chi connectivity index (χ1n) is 7.56. The van der Waals surface area contributed by atoms with Crippen LogP contribution < -0.4 is 16.0 Å². The topological polar surface area (TPSA) is 57.2 Å². The molecule has 22 heavy (non-hydrogen) atoms. The van der Waals surface area contributed by atoms with E-state index in [1.165, 1.54) is 0 Å². The summed E-state index contributed by atoms with van der Waals surface area (Å²) in [4.78, 5) is 12.8. The summed E-state index contributed by atoms with van der Waals surface area (Å²) in [6.45, 7) is 7.04. The largest absolute Gasteiger partial charge is 0.496 e. The molecule has 0 spiro atoms. The summed E-state index contributed by atoms with van der Waals surface area (Å²) >= 11 is 0. The van der Waals surface area contributed by atoms with Crippen molar-refractivity contribution in [3.8, 4) is 17.0 Å². The molecule has 0 aliphatic heterocycles. The second-order valence-corrected chi connectivity index (χ2v) is 5.91. The van der Waals surface area contributed by atoms with E-state index in [1.54, 1.807) is 7.11 Å². The smallest absolute Gasteiger partial charge is 0.255 e. The molecular formula is C18H24N2O2. The first-order valence-corrected chi connectivity index (χ1v) is 7.56. The molecule has 2 aromatic rings. The lowest BCUT2D eigenvalue weighted by atomic mass is 10.0. The number of para-hydroxylation sites is 1. The summed E-state index contributed by atoms with van der Waals surface area (Å²) < 4.78 is 7.27. The Morgan fingerprint density at radius 3 is 2.55 bits per heavy atom. The Hall–Kier alpha value is -2.07. The maximum atomic E-state index is 12.8. The summed E-state index contributed by atoms with van der Waals surface area (Å²) in [6, 6.07) is 9.80. The van der Waals surface area contributed by atoms with Crippen LogP contribution in [0, 0.1) is 12.8 Å². The van der Waals surface area contributed by atoms with Crippen molar-refractivity contribution in [3.63, 3.8) is 0 Å². The van der Waals surface area contributed by atoms with Crippen LogP contribution in [-0.4, -0.2) is 11.7 Å². The van der Waals surface area contributed by atoms with E-state index in [9.17, 15) is 4.79 Å². The minimum atomic E-state index is -0.00268. The van der Waals surface area contributed by atoms with Crippen LogP contribution in [0.15, 0.2) is 35.1 Å². The number of benzene rings is 1. The van der Waals surface area contributed by atoms with Gasteiger partial charge in [0.05, 0.1) is 12.8 Å². The third kappa shape index (κ3) is 3.07. The Morgan fingerprint density at radius 2 is 1.95 bits per heavy atom. The van der Waals surface area contributed by atoms with E-state index < -0.39 is 0 Å². The van der Waals surface area contributed by atoms with Gasteiger partial charge in [0.2, 0.25) is 0 Å². The van der Waals surface area contributed by atoms with Gasteiger partial charge < -0.3 is 15.0 Å². The molecule has 0 saturated carbocycles. The Bertz CT molecular complexity index is 718. The van der Waals surface area contributed by atoms with Gasteiger partial charge in [0.15, 0.2) is 0 Å². The number of aromatic nitrogens is 1. The average molecular weight is 300 g/mol. The monoisotopic (exact) mass is 300 g/mol. The van der Waals surface area contributed by atoms with Crippen molar-refractivity contribution in [3.05, 3.63) is 51.8 Å².